The van der Waals surface area contributed by atoms with Gasteiger partial charge in [-0.1, -0.05) is 175 Å². The van der Waals surface area contributed by atoms with Crippen LogP contribution in [0, 0.1) is 0 Å². The van der Waals surface area contributed by atoms with Crippen molar-refractivity contribution in [1.29, 1.82) is 0 Å². The Kier molecular flexibility index (Phi) is 41.1. The molecule has 68 heavy (non-hydrogen) atoms. The fourth-order valence-electron chi connectivity index (χ4n) is 7.33. The standard InChI is InChI=1S/C55H93O12P/c1-3-5-7-9-11-13-15-17-19-21-23-25-26-28-30-32-34-36-38-40-42-44-49(56)66-48(47-65-68(62,63)67-55-53(60)51(58)50(57)52(59)54(55)61)46-64-45-43-41-39-37-35-33-31-29-27-24-22-20-18-16-14-12-10-8-6-4-2/h5,7,11-14,17-20,23,25,28,30,34,36,48,50-55,57-61H,3-4,6,8-10,15-16,21-22,24,26-27,29,31-33,35,37-47H2,1-2H3,(H,62,63)/b7-5-,13-11-,14-12-,19-17-,20-18-,25-23-,30-28-,36-34-. The molecule has 6 unspecified atom stereocenters. The van der Waals surface area contributed by atoms with Crippen LogP contribution in [0.25, 0.3) is 0 Å². The lowest BCUT2D eigenvalue weighted by atomic mass is 9.85. The van der Waals surface area contributed by atoms with Crippen LogP contribution in [0.4, 0.5) is 0 Å². The molecule has 0 aliphatic heterocycles. The Morgan fingerprint density at radius 2 is 0.868 bits per heavy atom. The zero-order valence-corrected chi connectivity index (χ0v) is 42.8. The largest absolute Gasteiger partial charge is 0.472 e. The molecule has 6 N–H and O–H groups in total. The Bertz CT molecular complexity index is 1490. The summed E-state index contributed by atoms with van der Waals surface area (Å²) in [6.07, 6.45) is 49.0. The van der Waals surface area contributed by atoms with Gasteiger partial charge >= 0.3 is 13.8 Å². The molecule has 0 aromatic carbocycles. The van der Waals surface area contributed by atoms with Gasteiger partial charge in [0, 0.05) is 13.0 Å². The van der Waals surface area contributed by atoms with E-state index in [2.05, 4.69) is 111 Å². The minimum absolute atomic E-state index is 0.103. The first kappa shape index (κ1) is 63.3. The Morgan fingerprint density at radius 3 is 1.32 bits per heavy atom. The SMILES string of the molecule is CC/C=C\C/C=C\C/C=C\C/C=C\C/C=C\C/C=C\CCCCC(=O)OC(COCCCCCCCCCCCC/C=C\C/C=C\CCCCC)COP(=O)(O)OC1C(O)C(O)C(O)C(O)C1O. The lowest BCUT2D eigenvalue weighted by Crippen LogP contribution is -2.64. The van der Waals surface area contributed by atoms with E-state index >= 15 is 0 Å². The summed E-state index contributed by atoms with van der Waals surface area (Å²) >= 11 is 0. The average molecular weight is 977 g/mol. The molecule has 1 saturated carbocycles. The third kappa shape index (κ3) is 35.4. The number of aliphatic hydroxyl groups excluding tert-OH is 5. The number of unbranched alkanes of at least 4 members (excludes halogenated alkanes) is 15. The summed E-state index contributed by atoms with van der Waals surface area (Å²) in [6, 6.07) is 0. The fraction of sp³-hybridized carbons (Fsp3) is 0.691. The van der Waals surface area contributed by atoms with Crippen molar-refractivity contribution in [3.05, 3.63) is 97.2 Å². The van der Waals surface area contributed by atoms with Gasteiger partial charge in [-0.3, -0.25) is 13.8 Å². The van der Waals surface area contributed by atoms with Gasteiger partial charge in [0.1, 0.15) is 42.7 Å². The summed E-state index contributed by atoms with van der Waals surface area (Å²) < 4.78 is 34.3. The van der Waals surface area contributed by atoms with E-state index in [9.17, 15) is 39.8 Å². The van der Waals surface area contributed by atoms with E-state index in [-0.39, 0.29) is 13.0 Å². The molecular weight excluding hydrogens is 884 g/mol. The molecule has 6 atom stereocenters. The van der Waals surface area contributed by atoms with Crippen LogP contribution in [-0.4, -0.2) is 98.9 Å². The Morgan fingerprint density at radius 1 is 0.485 bits per heavy atom. The molecule has 0 amide bonds. The summed E-state index contributed by atoms with van der Waals surface area (Å²) in [5.74, 6) is -0.523. The van der Waals surface area contributed by atoms with Gasteiger partial charge in [0.25, 0.3) is 0 Å². The second-order valence-electron chi connectivity index (χ2n) is 17.6. The third-order valence-corrected chi connectivity index (χ3v) is 12.4. The highest BCUT2D eigenvalue weighted by atomic mass is 31.2. The molecule has 0 spiro atoms. The predicted octanol–water partition coefficient (Wildman–Crippen LogP) is 11.9. The van der Waals surface area contributed by atoms with E-state index in [1.165, 1.54) is 64.2 Å². The Balaban J connectivity index is 2.39. The highest BCUT2D eigenvalue weighted by Gasteiger charge is 2.51. The molecular formula is C55H93O12P. The van der Waals surface area contributed by atoms with Gasteiger partial charge < -0.3 is 39.9 Å². The number of phosphoric acid groups is 1. The monoisotopic (exact) mass is 977 g/mol. The van der Waals surface area contributed by atoms with Crippen molar-refractivity contribution in [3.8, 4) is 0 Å². The molecule has 0 aromatic rings. The number of rotatable bonds is 43. The van der Waals surface area contributed by atoms with Crippen molar-refractivity contribution in [2.45, 2.75) is 224 Å². The topological polar surface area (TPSA) is 192 Å². The molecule has 0 heterocycles. The molecule has 0 saturated heterocycles. The van der Waals surface area contributed by atoms with Gasteiger partial charge in [0.2, 0.25) is 0 Å². The molecule has 390 valence electrons. The third-order valence-electron chi connectivity index (χ3n) is 11.4. The summed E-state index contributed by atoms with van der Waals surface area (Å²) in [5.41, 5.74) is 0. The van der Waals surface area contributed by atoms with E-state index in [1.807, 2.05) is 0 Å². The fourth-order valence-corrected chi connectivity index (χ4v) is 8.30. The van der Waals surface area contributed by atoms with E-state index in [0.29, 0.717) is 13.0 Å². The quantitative estimate of drug-likeness (QED) is 0.0147. The lowest BCUT2D eigenvalue weighted by Gasteiger charge is -2.41. The molecule has 13 heteroatoms. The molecule has 12 nitrogen and oxygen atoms in total. The minimum atomic E-state index is -5.04. The normalized spacial score (nSPS) is 21.9. The first-order valence-corrected chi connectivity index (χ1v) is 27.6. The van der Waals surface area contributed by atoms with Gasteiger partial charge in [0.15, 0.2) is 0 Å². The zero-order chi connectivity index (χ0) is 49.8. The van der Waals surface area contributed by atoms with Crippen LogP contribution in [0.15, 0.2) is 97.2 Å². The van der Waals surface area contributed by atoms with Crippen molar-refractivity contribution >= 4 is 13.8 Å². The van der Waals surface area contributed by atoms with Crippen LogP contribution >= 0.6 is 7.82 Å². The summed E-state index contributed by atoms with van der Waals surface area (Å²) in [5, 5.41) is 50.3. The Hall–Kier alpha value is -2.74. The van der Waals surface area contributed by atoms with Gasteiger partial charge in [-0.15, -0.1) is 0 Å². The first-order chi connectivity index (χ1) is 33.0. The van der Waals surface area contributed by atoms with Crippen LogP contribution in [-0.2, 0) is 27.9 Å². The number of aliphatic hydroxyl groups is 5. The molecule has 1 fully saturated rings. The zero-order valence-electron chi connectivity index (χ0n) is 41.9. The second kappa shape index (κ2) is 44.2. The van der Waals surface area contributed by atoms with Crippen LogP contribution in [0.2, 0.25) is 0 Å². The van der Waals surface area contributed by atoms with Crippen molar-refractivity contribution in [3.63, 3.8) is 0 Å². The van der Waals surface area contributed by atoms with Gasteiger partial charge in [-0.25, -0.2) is 4.57 Å². The number of phosphoric ester groups is 1. The van der Waals surface area contributed by atoms with Gasteiger partial charge in [-0.05, 0) is 96.3 Å². The van der Waals surface area contributed by atoms with Gasteiger partial charge in [-0.2, -0.15) is 0 Å². The van der Waals surface area contributed by atoms with Crippen LogP contribution < -0.4 is 0 Å². The summed E-state index contributed by atoms with van der Waals surface area (Å²) in [6.45, 7) is 4.07. The van der Waals surface area contributed by atoms with Crippen molar-refractivity contribution in [1.82, 2.24) is 0 Å². The lowest BCUT2D eigenvalue weighted by molar-refractivity contribution is -0.220. The Labute approximate surface area is 411 Å². The van der Waals surface area contributed by atoms with E-state index in [0.717, 1.165) is 89.9 Å². The number of hydrogen-bond donors (Lipinski definition) is 6. The van der Waals surface area contributed by atoms with Crippen LogP contribution in [0.3, 0.4) is 0 Å². The molecule has 0 radical (unpaired) electrons. The number of hydrogen-bond acceptors (Lipinski definition) is 11. The summed E-state index contributed by atoms with van der Waals surface area (Å²) in [7, 11) is -5.04. The average Bonchev–Trinajstić information content (AvgIpc) is 3.32. The second-order valence-corrected chi connectivity index (χ2v) is 19.0. The number of carbonyl (C=O) groups is 1. The van der Waals surface area contributed by atoms with Crippen molar-refractivity contribution in [2.24, 2.45) is 0 Å². The number of ether oxygens (including phenoxy) is 2. The smallest absolute Gasteiger partial charge is 0.457 e. The number of allylic oxidation sites excluding steroid dienone is 16. The molecule has 1 aliphatic carbocycles. The highest BCUT2D eigenvalue weighted by molar-refractivity contribution is 7.47. The maximum absolute atomic E-state index is 12.9. The maximum Gasteiger partial charge on any atom is 0.472 e. The molecule has 0 bridgehead atoms. The number of esters is 1. The van der Waals surface area contributed by atoms with Crippen LogP contribution in [0.5, 0.6) is 0 Å². The van der Waals surface area contributed by atoms with Crippen LogP contribution in [0.1, 0.15) is 181 Å². The first-order valence-electron chi connectivity index (χ1n) is 26.1. The van der Waals surface area contributed by atoms with Crippen molar-refractivity contribution in [2.75, 3.05) is 19.8 Å². The van der Waals surface area contributed by atoms with E-state index in [4.69, 9.17) is 18.5 Å². The van der Waals surface area contributed by atoms with E-state index < -0.39 is 63.1 Å². The van der Waals surface area contributed by atoms with Gasteiger partial charge in [0.05, 0.1) is 13.2 Å². The number of carbonyl (C=O) groups excluding carboxylic acids is 1. The predicted molar refractivity (Wildman–Crippen MR) is 276 cm³/mol. The van der Waals surface area contributed by atoms with Crippen molar-refractivity contribution < 1.29 is 58.3 Å². The highest BCUT2D eigenvalue weighted by Crippen LogP contribution is 2.47. The summed E-state index contributed by atoms with van der Waals surface area (Å²) in [4.78, 5) is 23.2. The molecule has 1 aliphatic rings. The van der Waals surface area contributed by atoms with E-state index in [1.54, 1.807) is 0 Å². The molecule has 0 aromatic heterocycles. The maximum atomic E-state index is 12.9. The molecule has 1 rings (SSSR count). The minimum Gasteiger partial charge on any atom is -0.457 e.